The summed E-state index contributed by atoms with van der Waals surface area (Å²) in [5.41, 5.74) is 0.515. The van der Waals surface area contributed by atoms with Gasteiger partial charge in [0.15, 0.2) is 0 Å². The Kier molecular flexibility index (Phi) is 3.68. The van der Waals surface area contributed by atoms with Crippen LogP contribution in [0.25, 0.3) is 0 Å². The van der Waals surface area contributed by atoms with Gasteiger partial charge in [0.1, 0.15) is 0 Å². The molecule has 15 heavy (non-hydrogen) atoms. The Morgan fingerprint density at radius 3 is 2.67 bits per heavy atom. The van der Waals surface area contributed by atoms with Crippen molar-refractivity contribution in [3.8, 4) is 0 Å². The van der Waals surface area contributed by atoms with Gasteiger partial charge in [0.25, 0.3) is 0 Å². The van der Waals surface area contributed by atoms with E-state index >= 15 is 0 Å². The summed E-state index contributed by atoms with van der Waals surface area (Å²) in [5.74, 6) is 0. The fourth-order valence-electron chi connectivity index (χ4n) is 3.44. The molecule has 0 bridgehead atoms. The predicted molar refractivity (Wildman–Crippen MR) is 65.1 cm³/mol. The quantitative estimate of drug-likeness (QED) is 0.753. The molecule has 2 fully saturated rings. The Hall–Kier alpha value is -0.0800. The summed E-state index contributed by atoms with van der Waals surface area (Å²) in [7, 11) is 0. The summed E-state index contributed by atoms with van der Waals surface area (Å²) in [5, 5.41) is 3.53. The van der Waals surface area contributed by atoms with Crippen molar-refractivity contribution in [2.45, 2.75) is 64.0 Å². The molecule has 0 aromatic heterocycles. The molecule has 0 aromatic rings. The van der Waals surface area contributed by atoms with Crippen LogP contribution in [-0.2, 0) is 0 Å². The minimum absolute atomic E-state index is 0.515. The van der Waals surface area contributed by atoms with E-state index in [9.17, 15) is 0 Å². The van der Waals surface area contributed by atoms with Gasteiger partial charge in [-0.2, -0.15) is 0 Å². The van der Waals surface area contributed by atoms with Crippen LogP contribution in [0.3, 0.4) is 0 Å². The lowest BCUT2D eigenvalue weighted by molar-refractivity contribution is 0.00994. The number of rotatable bonds is 2. The molecule has 1 aliphatic heterocycles. The highest BCUT2D eigenvalue weighted by Crippen LogP contribution is 2.35. The Bertz CT molecular complexity index is 197. The van der Waals surface area contributed by atoms with Gasteiger partial charge in [-0.15, -0.1) is 0 Å². The van der Waals surface area contributed by atoms with Crippen molar-refractivity contribution in [3.63, 3.8) is 0 Å². The molecule has 88 valence electrons. The van der Waals surface area contributed by atoms with Gasteiger partial charge in [0.05, 0.1) is 0 Å². The Morgan fingerprint density at radius 2 is 2.00 bits per heavy atom. The lowest BCUT2D eigenvalue weighted by Gasteiger charge is -2.50. The summed E-state index contributed by atoms with van der Waals surface area (Å²) in [6.45, 7) is 8.48. The zero-order valence-electron chi connectivity index (χ0n) is 10.4. The Balaban J connectivity index is 2.04. The van der Waals surface area contributed by atoms with Gasteiger partial charge in [0, 0.05) is 31.2 Å². The first kappa shape index (κ1) is 11.4. The summed E-state index contributed by atoms with van der Waals surface area (Å²) in [6, 6.07) is 0.779. The molecule has 0 amide bonds. The standard InChI is InChI=1S/C13H26N2/c1-3-12-11-14-9-10-15(12)13(2)7-5-4-6-8-13/h12,14H,3-11H2,1-2H3. The first-order valence-electron chi connectivity index (χ1n) is 6.74. The molecule has 2 heteroatoms. The molecule has 1 unspecified atom stereocenters. The molecule has 2 aliphatic rings. The second kappa shape index (κ2) is 4.84. The Morgan fingerprint density at radius 1 is 1.27 bits per heavy atom. The van der Waals surface area contributed by atoms with Gasteiger partial charge in [-0.1, -0.05) is 26.2 Å². The van der Waals surface area contributed by atoms with Crippen molar-refractivity contribution in [2.75, 3.05) is 19.6 Å². The molecule has 1 heterocycles. The Labute approximate surface area is 94.4 Å². The van der Waals surface area contributed by atoms with Crippen molar-refractivity contribution in [3.05, 3.63) is 0 Å². The van der Waals surface area contributed by atoms with E-state index in [0.717, 1.165) is 6.04 Å². The van der Waals surface area contributed by atoms with E-state index in [1.165, 1.54) is 58.2 Å². The van der Waals surface area contributed by atoms with Gasteiger partial charge >= 0.3 is 0 Å². The molecular weight excluding hydrogens is 184 g/mol. The van der Waals surface area contributed by atoms with Gasteiger partial charge in [-0.05, 0) is 26.2 Å². The highest BCUT2D eigenvalue weighted by molar-refractivity contribution is 4.94. The number of hydrogen-bond acceptors (Lipinski definition) is 2. The van der Waals surface area contributed by atoms with Crippen molar-refractivity contribution in [1.82, 2.24) is 10.2 Å². The highest BCUT2D eigenvalue weighted by Gasteiger charge is 2.37. The smallest absolute Gasteiger partial charge is 0.0223 e. The fraction of sp³-hybridized carbons (Fsp3) is 1.00. The molecule has 1 aliphatic carbocycles. The molecule has 1 saturated heterocycles. The average molecular weight is 210 g/mol. The summed E-state index contributed by atoms with van der Waals surface area (Å²) >= 11 is 0. The molecule has 0 radical (unpaired) electrons. The largest absolute Gasteiger partial charge is 0.314 e. The van der Waals surface area contributed by atoms with Crippen molar-refractivity contribution < 1.29 is 0 Å². The van der Waals surface area contributed by atoms with E-state index in [2.05, 4.69) is 24.1 Å². The molecule has 1 N–H and O–H groups in total. The van der Waals surface area contributed by atoms with Crippen LogP contribution in [-0.4, -0.2) is 36.1 Å². The van der Waals surface area contributed by atoms with Gasteiger partial charge in [-0.3, -0.25) is 4.90 Å². The van der Waals surface area contributed by atoms with Crippen molar-refractivity contribution in [2.24, 2.45) is 0 Å². The second-order valence-electron chi connectivity index (χ2n) is 5.52. The molecule has 2 nitrogen and oxygen atoms in total. The number of nitrogens with zero attached hydrogens (tertiary/aromatic N) is 1. The zero-order chi connectivity index (χ0) is 10.7. The van der Waals surface area contributed by atoms with Gasteiger partial charge < -0.3 is 5.32 Å². The third-order valence-corrected chi connectivity index (χ3v) is 4.45. The summed E-state index contributed by atoms with van der Waals surface area (Å²) < 4.78 is 0. The van der Waals surface area contributed by atoms with Crippen LogP contribution in [0.4, 0.5) is 0 Å². The van der Waals surface area contributed by atoms with Gasteiger partial charge in [0.2, 0.25) is 0 Å². The highest BCUT2D eigenvalue weighted by atomic mass is 15.3. The molecule has 1 atom stereocenters. The SMILES string of the molecule is CCC1CNCCN1C1(C)CCCCC1. The fourth-order valence-corrected chi connectivity index (χ4v) is 3.44. The minimum Gasteiger partial charge on any atom is -0.314 e. The van der Waals surface area contributed by atoms with E-state index in [4.69, 9.17) is 0 Å². The predicted octanol–water partition coefficient (Wildman–Crippen LogP) is 2.39. The second-order valence-corrected chi connectivity index (χ2v) is 5.52. The normalized spacial score (nSPS) is 32.8. The third-order valence-electron chi connectivity index (χ3n) is 4.45. The summed E-state index contributed by atoms with van der Waals surface area (Å²) in [6.07, 6.45) is 8.47. The minimum atomic E-state index is 0.515. The lowest BCUT2D eigenvalue weighted by atomic mass is 9.80. The third kappa shape index (κ3) is 2.36. The maximum Gasteiger partial charge on any atom is 0.0223 e. The van der Waals surface area contributed by atoms with Crippen LogP contribution in [0.2, 0.25) is 0 Å². The van der Waals surface area contributed by atoms with Crippen LogP contribution < -0.4 is 5.32 Å². The van der Waals surface area contributed by atoms with Crippen LogP contribution in [0.15, 0.2) is 0 Å². The maximum absolute atomic E-state index is 3.53. The van der Waals surface area contributed by atoms with E-state index in [-0.39, 0.29) is 0 Å². The maximum atomic E-state index is 3.53. The first-order chi connectivity index (χ1) is 7.26. The monoisotopic (exact) mass is 210 g/mol. The number of piperazine rings is 1. The van der Waals surface area contributed by atoms with E-state index < -0.39 is 0 Å². The zero-order valence-corrected chi connectivity index (χ0v) is 10.4. The molecule has 0 spiro atoms. The molecular formula is C13H26N2. The molecule has 1 saturated carbocycles. The van der Waals surface area contributed by atoms with Crippen LogP contribution >= 0.6 is 0 Å². The van der Waals surface area contributed by atoms with Gasteiger partial charge in [-0.25, -0.2) is 0 Å². The molecule has 2 rings (SSSR count). The van der Waals surface area contributed by atoms with E-state index in [1.807, 2.05) is 0 Å². The van der Waals surface area contributed by atoms with Crippen LogP contribution in [0, 0.1) is 0 Å². The first-order valence-corrected chi connectivity index (χ1v) is 6.74. The van der Waals surface area contributed by atoms with E-state index in [0.29, 0.717) is 5.54 Å². The summed E-state index contributed by atoms with van der Waals surface area (Å²) in [4.78, 5) is 2.81. The van der Waals surface area contributed by atoms with E-state index in [1.54, 1.807) is 0 Å². The number of nitrogens with one attached hydrogen (secondary N) is 1. The molecule has 0 aromatic carbocycles. The van der Waals surface area contributed by atoms with Crippen molar-refractivity contribution in [1.29, 1.82) is 0 Å². The average Bonchev–Trinajstić information content (AvgIpc) is 2.30. The lowest BCUT2D eigenvalue weighted by Crippen LogP contribution is -2.60. The topological polar surface area (TPSA) is 15.3 Å². The number of hydrogen-bond donors (Lipinski definition) is 1. The van der Waals surface area contributed by atoms with Crippen LogP contribution in [0.1, 0.15) is 52.4 Å². The van der Waals surface area contributed by atoms with Crippen molar-refractivity contribution >= 4 is 0 Å². The van der Waals surface area contributed by atoms with Crippen LogP contribution in [0.5, 0.6) is 0 Å².